The Labute approximate surface area is 177 Å². The van der Waals surface area contributed by atoms with Crippen molar-refractivity contribution in [3.63, 3.8) is 0 Å². The van der Waals surface area contributed by atoms with Crippen molar-refractivity contribution >= 4 is 32.6 Å². The minimum Gasteiger partial charge on any atom is -1.00 e. The zero-order chi connectivity index (χ0) is 19.0. The van der Waals surface area contributed by atoms with Gasteiger partial charge < -0.3 is 21.5 Å². The highest BCUT2D eigenvalue weighted by Gasteiger charge is 2.18. The first-order valence-corrected chi connectivity index (χ1v) is 9.79. The highest BCUT2D eigenvalue weighted by atomic mass is 79.9. The summed E-state index contributed by atoms with van der Waals surface area (Å²) in [5, 5.41) is 14.1. The SMILES string of the molecule is Cc1c2c[n+](CCCCCC#N)ccc2c(C)c2c1c1ccccc1n2C.[Br-]. The molecule has 3 nitrogen and oxygen atoms in total. The molecule has 28 heavy (non-hydrogen) atoms. The zero-order valence-electron chi connectivity index (χ0n) is 16.8. The molecule has 0 aliphatic heterocycles. The second-order valence-corrected chi connectivity index (χ2v) is 7.53. The van der Waals surface area contributed by atoms with Crippen LogP contribution >= 0.6 is 0 Å². The van der Waals surface area contributed by atoms with Crippen molar-refractivity contribution < 1.29 is 21.5 Å². The highest BCUT2D eigenvalue weighted by Crippen LogP contribution is 2.37. The van der Waals surface area contributed by atoms with Gasteiger partial charge in [0.2, 0.25) is 0 Å². The van der Waals surface area contributed by atoms with Crippen LogP contribution in [0.15, 0.2) is 42.7 Å². The smallest absolute Gasteiger partial charge is 0.176 e. The third-order valence-electron chi connectivity index (χ3n) is 5.87. The number of hydrogen-bond acceptors (Lipinski definition) is 1. The monoisotopic (exact) mass is 435 g/mol. The van der Waals surface area contributed by atoms with Crippen molar-refractivity contribution in [3.8, 4) is 6.07 Å². The minimum absolute atomic E-state index is 0. The number of halogens is 1. The molecular weight excluding hydrogens is 410 g/mol. The van der Waals surface area contributed by atoms with E-state index in [4.69, 9.17) is 5.26 Å². The van der Waals surface area contributed by atoms with Gasteiger partial charge in [0, 0.05) is 47.6 Å². The molecule has 0 atom stereocenters. The van der Waals surface area contributed by atoms with Crippen molar-refractivity contribution in [1.82, 2.24) is 4.57 Å². The van der Waals surface area contributed by atoms with Crippen LogP contribution in [0, 0.1) is 25.2 Å². The molecule has 2 aromatic heterocycles. The number of rotatable bonds is 5. The number of aryl methyl sites for hydroxylation is 4. The van der Waals surface area contributed by atoms with Crippen molar-refractivity contribution in [2.24, 2.45) is 7.05 Å². The largest absolute Gasteiger partial charge is 1.00 e. The third-order valence-corrected chi connectivity index (χ3v) is 5.87. The number of nitriles is 1. The van der Waals surface area contributed by atoms with Gasteiger partial charge in [-0.3, -0.25) is 0 Å². The van der Waals surface area contributed by atoms with E-state index in [1.165, 1.54) is 43.7 Å². The van der Waals surface area contributed by atoms with Gasteiger partial charge in [-0.1, -0.05) is 18.2 Å². The molecule has 2 heterocycles. The van der Waals surface area contributed by atoms with E-state index in [0.717, 1.165) is 25.8 Å². The Balaban J connectivity index is 0.00000225. The molecule has 0 N–H and O–H groups in total. The lowest BCUT2D eigenvalue weighted by Gasteiger charge is -2.10. The average Bonchev–Trinajstić information content (AvgIpc) is 2.99. The second kappa shape index (κ2) is 8.32. The molecule has 0 bridgehead atoms. The maximum Gasteiger partial charge on any atom is 0.176 e. The molecule has 0 aliphatic rings. The van der Waals surface area contributed by atoms with Crippen LogP contribution < -0.4 is 21.5 Å². The van der Waals surface area contributed by atoms with Crippen LogP contribution in [0.2, 0.25) is 0 Å². The molecule has 4 heteroatoms. The molecule has 0 radical (unpaired) electrons. The Morgan fingerprint density at radius 3 is 2.54 bits per heavy atom. The van der Waals surface area contributed by atoms with Gasteiger partial charge in [-0.15, -0.1) is 0 Å². The first-order valence-electron chi connectivity index (χ1n) is 9.79. The summed E-state index contributed by atoms with van der Waals surface area (Å²) in [6.45, 7) is 5.51. The van der Waals surface area contributed by atoms with Crippen LogP contribution in [-0.2, 0) is 13.6 Å². The molecule has 0 spiro atoms. The molecule has 0 fully saturated rings. The number of unbranched alkanes of at least 4 members (excludes halogenated alkanes) is 3. The fraction of sp³-hybridized carbons (Fsp3) is 0.333. The lowest BCUT2D eigenvalue weighted by Crippen LogP contribution is -3.00. The Bertz CT molecular complexity index is 1200. The van der Waals surface area contributed by atoms with E-state index in [2.05, 4.69) is 78.8 Å². The Morgan fingerprint density at radius 2 is 1.75 bits per heavy atom. The summed E-state index contributed by atoms with van der Waals surface area (Å²) in [4.78, 5) is 0. The van der Waals surface area contributed by atoms with Crippen LogP contribution in [0.3, 0.4) is 0 Å². The van der Waals surface area contributed by atoms with E-state index in [1.54, 1.807) is 0 Å². The van der Waals surface area contributed by atoms with Crippen LogP contribution in [0.5, 0.6) is 0 Å². The number of fused-ring (bicyclic) bond motifs is 4. The van der Waals surface area contributed by atoms with Gasteiger partial charge >= 0.3 is 0 Å². The van der Waals surface area contributed by atoms with Crippen molar-refractivity contribution in [2.75, 3.05) is 0 Å². The molecular formula is C24H26BrN3. The number of aromatic nitrogens is 2. The molecule has 0 saturated heterocycles. The predicted octanol–water partition coefficient (Wildman–Crippen LogP) is 2.48. The maximum atomic E-state index is 8.66. The van der Waals surface area contributed by atoms with Crippen LogP contribution in [-0.4, -0.2) is 4.57 Å². The second-order valence-electron chi connectivity index (χ2n) is 7.53. The summed E-state index contributed by atoms with van der Waals surface area (Å²) in [5.41, 5.74) is 5.35. The van der Waals surface area contributed by atoms with Crippen molar-refractivity contribution in [2.45, 2.75) is 46.1 Å². The lowest BCUT2D eigenvalue weighted by atomic mass is 9.97. The number of pyridine rings is 1. The van der Waals surface area contributed by atoms with Crippen molar-refractivity contribution in [1.29, 1.82) is 5.26 Å². The molecule has 2 aromatic carbocycles. The van der Waals surface area contributed by atoms with Gasteiger partial charge in [-0.05, 0) is 49.3 Å². The third kappa shape index (κ3) is 3.29. The Hall–Kier alpha value is -2.38. The number of nitrogens with zero attached hydrogens (tertiary/aromatic N) is 3. The normalized spacial score (nSPS) is 11.1. The van der Waals surface area contributed by atoms with Gasteiger partial charge in [0.25, 0.3) is 0 Å². The summed E-state index contributed by atoms with van der Waals surface area (Å²) >= 11 is 0. The van der Waals surface area contributed by atoms with Gasteiger partial charge in [0.15, 0.2) is 12.4 Å². The molecule has 144 valence electrons. The van der Waals surface area contributed by atoms with Crippen LogP contribution in [0.1, 0.15) is 36.8 Å². The van der Waals surface area contributed by atoms with Gasteiger partial charge in [0.05, 0.1) is 11.6 Å². The van der Waals surface area contributed by atoms with Crippen LogP contribution in [0.4, 0.5) is 0 Å². The molecule has 0 unspecified atom stereocenters. The topological polar surface area (TPSA) is 32.6 Å². The van der Waals surface area contributed by atoms with Gasteiger partial charge in [-0.25, -0.2) is 4.57 Å². The van der Waals surface area contributed by atoms with E-state index in [9.17, 15) is 0 Å². The zero-order valence-corrected chi connectivity index (χ0v) is 18.4. The summed E-state index contributed by atoms with van der Waals surface area (Å²) in [6, 6.07) is 13.2. The fourth-order valence-electron chi connectivity index (χ4n) is 4.45. The maximum absolute atomic E-state index is 8.66. The number of para-hydroxylation sites is 1. The molecule has 0 saturated carbocycles. The minimum atomic E-state index is 0. The summed E-state index contributed by atoms with van der Waals surface area (Å²) in [6.07, 6.45) is 8.40. The summed E-state index contributed by atoms with van der Waals surface area (Å²) < 4.78 is 4.64. The molecule has 0 aliphatic carbocycles. The molecule has 4 aromatic rings. The fourth-order valence-corrected chi connectivity index (χ4v) is 4.45. The summed E-state index contributed by atoms with van der Waals surface area (Å²) in [7, 11) is 2.17. The number of benzene rings is 2. The van der Waals surface area contributed by atoms with Gasteiger partial charge in [0.1, 0.15) is 6.54 Å². The van der Waals surface area contributed by atoms with Gasteiger partial charge in [-0.2, -0.15) is 5.26 Å². The standard InChI is InChI=1S/C24H26N3.BrH/c1-17-21-16-27(14-9-5-4-8-13-25)15-12-19(21)18(2)24-23(17)20-10-6-7-11-22(20)26(24)3;/h6-7,10-12,15-16H,4-5,8-9,14H2,1-3H3;1H/q+1;/p-1. The van der Waals surface area contributed by atoms with E-state index >= 15 is 0 Å². The number of hydrogen-bond donors (Lipinski definition) is 0. The summed E-state index contributed by atoms with van der Waals surface area (Å²) in [5.74, 6) is 0. The highest BCUT2D eigenvalue weighted by molar-refractivity contribution is 6.16. The first kappa shape index (κ1) is 20.4. The van der Waals surface area contributed by atoms with E-state index < -0.39 is 0 Å². The van der Waals surface area contributed by atoms with E-state index in [-0.39, 0.29) is 17.0 Å². The quantitative estimate of drug-likeness (QED) is 0.350. The van der Waals surface area contributed by atoms with Crippen molar-refractivity contribution in [3.05, 3.63) is 53.9 Å². The Morgan fingerprint density at radius 1 is 0.964 bits per heavy atom. The van der Waals surface area contributed by atoms with E-state index in [0.29, 0.717) is 6.42 Å². The van der Waals surface area contributed by atoms with E-state index in [1.807, 2.05) is 0 Å². The lowest BCUT2D eigenvalue weighted by molar-refractivity contribution is -0.696. The Kier molecular flexibility index (Phi) is 6.05. The molecule has 4 rings (SSSR count). The predicted molar refractivity (Wildman–Crippen MR) is 112 cm³/mol. The molecule has 0 amide bonds. The first-order chi connectivity index (χ1) is 13.1. The van der Waals surface area contributed by atoms with Crippen LogP contribution in [0.25, 0.3) is 32.6 Å². The average molecular weight is 436 g/mol.